The normalized spacial score (nSPS) is 24.7. The number of nitrogens with zero attached hydrogens (tertiary/aromatic N) is 2. The minimum atomic E-state index is -2.73. The summed E-state index contributed by atoms with van der Waals surface area (Å²) in [5.41, 5.74) is 1.11. The maximum absolute atomic E-state index is 13.0. The summed E-state index contributed by atoms with van der Waals surface area (Å²) in [7, 11) is 0. The van der Waals surface area contributed by atoms with E-state index in [4.69, 9.17) is 0 Å². The number of likely N-dealkylation sites (tertiary alicyclic amines) is 1. The number of hydrogen-bond acceptors (Lipinski definition) is 4. The molecule has 2 bridgehead atoms. The van der Waals surface area contributed by atoms with E-state index in [1.807, 2.05) is 21.7 Å². The topological polar surface area (TPSA) is 71.4 Å². The van der Waals surface area contributed by atoms with Crippen molar-refractivity contribution < 1.29 is 18.4 Å². The summed E-state index contributed by atoms with van der Waals surface area (Å²) < 4.78 is 27.7. The maximum Gasteiger partial charge on any atom is 0.263 e. The second kappa shape index (κ2) is 7.01. The standard InChI is InChI=1S/C21H21F2N3O3S/c22-21(23)6-15(7-21)24-18(27)16-1-2-17-14-5-12(9-26(17)20(16)29)8-25(10-14)19(28)13-3-4-30-11-13/h1-4,11-12,14-15H,5-10H2,(H,24,27)/t12-,14+/m0/s1. The second-order valence-corrected chi connectivity index (χ2v) is 9.32. The zero-order chi connectivity index (χ0) is 21.0. The predicted molar refractivity (Wildman–Crippen MR) is 107 cm³/mol. The molecule has 2 aromatic heterocycles. The molecule has 1 N–H and O–H groups in total. The Hall–Kier alpha value is -2.55. The lowest BCUT2D eigenvalue weighted by atomic mass is 9.82. The fourth-order valence-electron chi connectivity index (χ4n) is 4.88. The Morgan fingerprint density at radius 2 is 1.93 bits per heavy atom. The fourth-order valence-corrected chi connectivity index (χ4v) is 5.51. The van der Waals surface area contributed by atoms with Gasteiger partial charge in [0.2, 0.25) is 0 Å². The Kier molecular flexibility index (Phi) is 4.53. The Morgan fingerprint density at radius 1 is 1.13 bits per heavy atom. The van der Waals surface area contributed by atoms with Crippen LogP contribution in [0.2, 0.25) is 0 Å². The van der Waals surface area contributed by atoms with Crippen LogP contribution < -0.4 is 10.9 Å². The van der Waals surface area contributed by atoms with Crippen LogP contribution in [0.25, 0.3) is 0 Å². The molecule has 2 aromatic rings. The van der Waals surface area contributed by atoms with Crippen molar-refractivity contribution in [3.05, 3.63) is 56.1 Å². The van der Waals surface area contributed by atoms with Crippen LogP contribution in [0.3, 0.4) is 0 Å². The van der Waals surface area contributed by atoms with Gasteiger partial charge in [-0.1, -0.05) is 0 Å². The summed E-state index contributed by atoms with van der Waals surface area (Å²) in [5.74, 6) is -3.14. The highest BCUT2D eigenvalue weighted by atomic mass is 32.1. The Morgan fingerprint density at radius 3 is 2.63 bits per heavy atom. The molecule has 0 unspecified atom stereocenters. The van der Waals surface area contributed by atoms with Crippen molar-refractivity contribution in [2.75, 3.05) is 13.1 Å². The molecule has 5 rings (SSSR count). The molecular weight excluding hydrogens is 412 g/mol. The molecule has 0 spiro atoms. The number of alkyl halides is 2. The minimum absolute atomic E-state index is 0.00930. The van der Waals surface area contributed by atoms with Crippen LogP contribution in [-0.4, -0.2) is 46.3 Å². The fraction of sp³-hybridized carbons (Fsp3) is 0.476. The van der Waals surface area contributed by atoms with Crippen LogP contribution in [-0.2, 0) is 6.54 Å². The first-order valence-electron chi connectivity index (χ1n) is 10.0. The number of hydrogen-bond donors (Lipinski definition) is 1. The van der Waals surface area contributed by atoms with E-state index in [0.717, 1.165) is 12.1 Å². The van der Waals surface area contributed by atoms with Crippen LogP contribution in [0, 0.1) is 5.92 Å². The van der Waals surface area contributed by atoms with Crippen molar-refractivity contribution in [3.63, 3.8) is 0 Å². The lowest BCUT2D eigenvalue weighted by Crippen LogP contribution is -2.52. The predicted octanol–water partition coefficient (Wildman–Crippen LogP) is 2.70. The number of rotatable bonds is 3. The summed E-state index contributed by atoms with van der Waals surface area (Å²) in [6, 6.07) is 4.48. The van der Waals surface area contributed by atoms with Gasteiger partial charge in [-0.05, 0) is 35.9 Å². The molecule has 1 aliphatic carbocycles. The molecule has 3 aliphatic rings. The first-order valence-corrected chi connectivity index (χ1v) is 11.0. The SMILES string of the molecule is O=C(NC1CC(F)(F)C1)c1ccc2n(c1=O)C[C@H]1C[C@@H]2CN(C(=O)c2ccsc2)C1. The maximum atomic E-state index is 13.0. The highest BCUT2D eigenvalue weighted by Gasteiger charge is 2.46. The number of pyridine rings is 1. The van der Waals surface area contributed by atoms with Gasteiger partial charge in [-0.15, -0.1) is 0 Å². The Labute approximate surface area is 175 Å². The van der Waals surface area contributed by atoms with Crippen LogP contribution in [0.1, 0.15) is 51.6 Å². The van der Waals surface area contributed by atoms with Gasteiger partial charge in [0, 0.05) is 55.5 Å². The smallest absolute Gasteiger partial charge is 0.263 e. The summed E-state index contributed by atoms with van der Waals surface area (Å²) >= 11 is 1.49. The number of halogens is 2. The third-order valence-electron chi connectivity index (χ3n) is 6.33. The third-order valence-corrected chi connectivity index (χ3v) is 7.01. The van der Waals surface area contributed by atoms with E-state index >= 15 is 0 Å². The van der Waals surface area contributed by atoms with Gasteiger partial charge in [-0.3, -0.25) is 14.4 Å². The first kappa shape index (κ1) is 19.4. The molecule has 1 saturated carbocycles. The number of nitrogens with one attached hydrogen (secondary N) is 1. The van der Waals surface area contributed by atoms with E-state index in [1.165, 1.54) is 17.4 Å². The van der Waals surface area contributed by atoms with Crippen molar-refractivity contribution in [2.45, 2.75) is 43.7 Å². The van der Waals surface area contributed by atoms with E-state index in [-0.39, 0.29) is 41.7 Å². The summed E-state index contributed by atoms with van der Waals surface area (Å²) in [5, 5.41) is 6.26. The van der Waals surface area contributed by atoms with Crippen LogP contribution >= 0.6 is 11.3 Å². The van der Waals surface area contributed by atoms with Crippen molar-refractivity contribution >= 4 is 23.2 Å². The van der Waals surface area contributed by atoms with E-state index in [9.17, 15) is 23.2 Å². The Balaban J connectivity index is 1.35. The van der Waals surface area contributed by atoms with Gasteiger partial charge in [-0.25, -0.2) is 8.78 Å². The monoisotopic (exact) mass is 433 g/mol. The zero-order valence-electron chi connectivity index (χ0n) is 16.1. The largest absolute Gasteiger partial charge is 0.349 e. The molecule has 30 heavy (non-hydrogen) atoms. The molecule has 2 atom stereocenters. The van der Waals surface area contributed by atoms with Gasteiger partial charge < -0.3 is 14.8 Å². The summed E-state index contributed by atoms with van der Waals surface area (Å²) in [6.07, 6.45) is 0.127. The lowest BCUT2D eigenvalue weighted by Gasteiger charge is -2.42. The van der Waals surface area contributed by atoms with Gasteiger partial charge >= 0.3 is 0 Å². The van der Waals surface area contributed by atoms with Gasteiger partial charge in [0.1, 0.15) is 5.56 Å². The molecule has 158 valence electrons. The molecule has 9 heteroatoms. The van der Waals surface area contributed by atoms with Crippen LogP contribution in [0.5, 0.6) is 0 Å². The van der Waals surface area contributed by atoms with Crippen LogP contribution in [0.15, 0.2) is 33.8 Å². The lowest BCUT2D eigenvalue weighted by molar-refractivity contribution is -0.0901. The highest BCUT2D eigenvalue weighted by Crippen LogP contribution is 2.38. The molecule has 2 amide bonds. The third kappa shape index (κ3) is 3.34. The number of thiophene rings is 1. The first-order chi connectivity index (χ1) is 14.3. The summed E-state index contributed by atoms with van der Waals surface area (Å²) in [4.78, 5) is 40.0. The molecule has 6 nitrogen and oxygen atoms in total. The zero-order valence-corrected chi connectivity index (χ0v) is 17.0. The van der Waals surface area contributed by atoms with Crippen molar-refractivity contribution in [1.29, 1.82) is 0 Å². The van der Waals surface area contributed by atoms with E-state index < -0.39 is 17.9 Å². The second-order valence-electron chi connectivity index (χ2n) is 8.54. The Bertz CT molecular complexity index is 1060. The molecule has 0 aromatic carbocycles. The van der Waals surface area contributed by atoms with Crippen molar-refractivity contribution in [3.8, 4) is 0 Å². The molecular formula is C21H21F2N3O3S. The van der Waals surface area contributed by atoms with Gasteiger partial charge in [0.05, 0.1) is 5.56 Å². The highest BCUT2D eigenvalue weighted by molar-refractivity contribution is 7.08. The van der Waals surface area contributed by atoms with Crippen molar-refractivity contribution in [1.82, 2.24) is 14.8 Å². The van der Waals surface area contributed by atoms with Gasteiger partial charge in [-0.2, -0.15) is 11.3 Å². The van der Waals surface area contributed by atoms with Gasteiger partial charge in [0.15, 0.2) is 0 Å². The van der Waals surface area contributed by atoms with Crippen molar-refractivity contribution in [2.24, 2.45) is 5.92 Å². The number of amides is 2. The quantitative estimate of drug-likeness (QED) is 0.809. The molecule has 1 saturated heterocycles. The molecule has 0 radical (unpaired) electrons. The van der Waals surface area contributed by atoms with Crippen LogP contribution in [0.4, 0.5) is 8.78 Å². The number of piperidine rings is 1. The van der Waals surface area contributed by atoms with E-state index in [2.05, 4.69) is 5.32 Å². The van der Waals surface area contributed by atoms with Gasteiger partial charge in [0.25, 0.3) is 23.3 Å². The molecule has 2 fully saturated rings. The summed E-state index contributed by atoms with van der Waals surface area (Å²) in [6.45, 7) is 1.55. The average molecular weight is 433 g/mol. The number of carbonyl (C=O) groups excluding carboxylic acids is 2. The molecule has 4 heterocycles. The number of carbonyl (C=O) groups is 2. The van der Waals surface area contributed by atoms with E-state index in [0.29, 0.717) is 25.2 Å². The number of fused-ring (bicyclic) bond motifs is 4. The van der Waals surface area contributed by atoms with E-state index in [1.54, 1.807) is 10.6 Å². The average Bonchev–Trinajstić information content (AvgIpc) is 3.21. The minimum Gasteiger partial charge on any atom is -0.349 e. The molecule has 2 aliphatic heterocycles. The number of aromatic nitrogens is 1.